The molecule has 0 radical (unpaired) electrons. The molecule has 0 amide bonds. The SMILES string of the molecule is CC1=[C-]CC=C1.CC1=[C-]CC=C1.Cl.Cl.[CH-]1CCCCC1.[CH3-].[Zr+4]. The Morgan fingerprint density at radius 2 is 1.23 bits per heavy atom. The Labute approximate surface area is 170 Å². The summed E-state index contributed by atoms with van der Waals surface area (Å²) in [5.74, 6) is 0. The van der Waals surface area contributed by atoms with Crippen LogP contribution in [0, 0.1) is 26.0 Å². The van der Waals surface area contributed by atoms with Gasteiger partial charge in [-0.05, 0) is 0 Å². The van der Waals surface area contributed by atoms with E-state index in [2.05, 4.69) is 56.7 Å². The summed E-state index contributed by atoms with van der Waals surface area (Å²) in [4.78, 5) is 0. The van der Waals surface area contributed by atoms with Crippen molar-refractivity contribution in [1.29, 1.82) is 0 Å². The second-order valence-electron chi connectivity index (χ2n) is 4.86. The molecule has 0 saturated heterocycles. The Morgan fingerprint density at radius 3 is 1.32 bits per heavy atom. The summed E-state index contributed by atoms with van der Waals surface area (Å²) in [6, 6.07) is 0. The molecule has 3 heteroatoms. The molecule has 3 rings (SSSR count). The molecule has 0 atom stereocenters. The molecule has 1 saturated carbocycles. The van der Waals surface area contributed by atoms with Crippen molar-refractivity contribution in [2.24, 2.45) is 0 Å². The Kier molecular flexibility index (Phi) is 29.5. The van der Waals surface area contributed by atoms with Gasteiger partial charge in [-0.1, -0.05) is 33.1 Å². The average molecular weight is 421 g/mol. The molecule has 0 N–H and O–H groups in total. The van der Waals surface area contributed by atoms with Crippen LogP contribution in [0.4, 0.5) is 0 Å². The number of halogens is 2. The van der Waals surface area contributed by atoms with Crippen LogP contribution < -0.4 is 0 Å². The van der Waals surface area contributed by atoms with Gasteiger partial charge in [0.2, 0.25) is 0 Å². The van der Waals surface area contributed by atoms with Gasteiger partial charge in [0, 0.05) is 0 Å². The van der Waals surface area contributed by atoms with Crippen molar-refractivity contribution in [3.05, 3.63) is 61.4 Å². The molecule has 0 aliphatic heterocycles. The fraction of sp³-hybridized carbons (Fsp3) is 0.474. The molecule has 3 aliphatic rings. The first-order chi connectivity index (χ1) is 8.79. The summed E-state index contributed by atoms with van der Waals surface area (Å²) >= 11 is 0. The summed E-state index contributed by atoms with van der Waals surface area (Å²) in [6.07, 6.45) is 26.2. The standard InChI is InChI=1S/2C6H7.C6H11.CH3.2ClH.Zr/c2*1-6-4-2-3-5-6;1-2-4-6-5-3-1;;;;/h2*2,4H,3H2,1H3;1H,2-6H2;1H3;2*1H;/q4*-1;;;+4. The third-order valence-electron chi connectivity index (χ3n) is 3.05. The maximum Gasteiger partial charge on any atom is 4.00 e. The predicted molar refractivity (Wildman–Crippen MR) is 101 cm³/mol. The summed E-state index contributed by atoms with van der Waals surface area (Å²) < 4.78 is 0. The molecule has 0 aromatic heterocycles. The minimum atomic E-state index is 0. The van der Waals surface area contributed by atoms with Gasteiger partial charge in [0.15, 0.2) is 0 Å². The second-order valence-corrected chi connectivity index (χ2v) is 4.86. The van der Waals surface area contributed by atoms with Gasteiger partial charge in [-0.15, -0.1) is 37.7 Å². The zero-order valence-corrected chi connectivity index (χ0v) is 18.2. The fourth-order valence-electron chi connectivity index (χ4n) is 1.93. The predicted octanol–water partition coefficient (Wildman–Crippen LogP) is 6.84. The minimum absolute atomic E-state index is 0. The monoisotopic (exact) mass is 418 g/mol. The van der Waals surface area contributed by atoms with E-state index in [-0.39, 0.29) is 58.4 Å². The van der Waals surface area contributed by atoms with E-state index in [1.165, 1.54) is 43.3 Å². The van der Waals surface area contributed by atoms with Crippen LogP contribution in [-0.2, 0) is 26.2 Å². The van der Waals surface area contributed by atoms with Gasteiger partial charge >= 0.3 is 26.2 Å². The maximum absolute atomic E-state index is 3.12. The van der Waals surface area contributed by atoms with Crippen LogP contribution in [0.15, 0.2) is 35.5 Å². The van der Waals surface area contributed by atoms with Crippen LogP contribution in [0.1, 0.15) is 58.8 Å². The van der Waals surface area contributed by atoms with Crippen molar-refractivity contribution < 1.29 is 26.2 Å². The zero-order valence-electron chi connectivity index (χ0n) is 14.2. The van der Waals surface area contributed by atoms with Crippen LogP contribution in [0.5, 0.6) is 0 Å². The van der Waals surface area contributed by atoms with Crippen molar-refractivity contribution in [2.75, 3.05) is 0 Å². The van der Waals surface area contributed by atoms with Gasteiger partial charge in [0.1, 0.15) is 0 Å². The Morgan fingerprint density at radius 1 is 0.818 bits per heavy atom. The first kappa shape index (κ1) is 30.3. The Balaban J connectivity index is -0.000000101. The van der Waals surface area contributed by atoms with E-state index >= 15 is 0 Å². The van der Waals surface area contributed by atoms with Gasteiger partial charge in [0.05, 0.1) is 0 Å². The zero-order chi connectivity index (χ0) is 13.1. The maximum atomic E-state index is 3.12. The first-order valence-electron chi connectivity index (χ1n) is 7.08. The Hall–Kier alpha value is 0.423. The van der Waals surface area contributed by atoms with Crippen LogP contribution in [0.3, 0.4) is 0 Å². The van der Waals surface area contributed by atoms with Gasteiger partial charge in [0.25, 0.3) is 0 Å². The second kappa shape index (κ2) is 21.4. The normalized spacial score (nSPS) is 16.6. The van der Waals surface area contributed by atoms with Gasteiger partial charge < -0.3 is 13.8 Å². The molecule has 22 heavy (non-hydrogen) atoms. The molecule has 0 bridgehead atoms. The van der Waals surface area contributed by atoms with Crippen LogP contribution in [0.25, 0.3) is 0 Å². The largest absolute Gasteiger partial charge is 4.00 e. The van der Waals surface area contributed by atoms with Crippen LogP contribution in [0.2, 0.25) is 0 Å². The molecular weight excluding hydrogens is 390 g/mol. The summed E-state index contributed by atoms with van der Waals surface area (Å²) in [5.41, 5.74) is 2.55. The summed E-state index contributed by atoms with van der Waals surface area (Å²) in [7, 11) is 0. The first-order valence-corrected chi connectivity index (χ1v) is 7.08. The minimum Gasteiger partial charge on any atom is -0.358 e. The van der Waals surface area contributed by atoms with Crippen molar-refractivity contribution in [3.63, 3.8) is 0 Å². The van der Waals surface area contributed by atoms with E-state index in [0.717, 1.165) is 12.8 Å². The van der Waals surface area contributed by atoms with Crippen molar-refractivity contribution in [1.82, 2.24) is 0 Å². The number of allylic oxidation sites excluding steroid dienone is 8. The quantitative estimate of drug-likeness (QED) is 0.377. The van der Waals surface area contributed by atoms with E-state index in [9.17, 15) is 0 Å². The fourth-order valence-corrected chi connectivity index (χ4v) is 1.93. The van der Waals surface area contributed by atoms with Crippen LogP contribution >= 0.6 is 24.8 Å². The Bertz CT molecular complexity index is 292. The molecule has 0 spiro atoms. The molecule has 0 aromatic rings. The van der Waals surface area contributed by atoms with Crippen molar-refractivity contribution >= 4 is 24.8 Å². The third kappa shape index (κ3) is 18.5. The molecule has 0 nitrogen and oxygen atoms in total. The number of hydrogen-bond donors (Lipinski definition) is 0. The summed E-state index contributed by atoms with van der Waals surface area (Å²) in [5, 5.41) is 0. The molecular formula is C19H30Cl2Zr. The van der Waals surface area contributed by atoms with E-state index in [1.54, 1.807) is 0 Å². The molecule has 124 valence electrons. The topological polar surface area (TPSA) is 0 Å². The molecule has 3 aliphatic carbocycles. The van der Waals surface area contributed by atoms with Crippen LogP contribution in [-0.4, -0.2) is 0 Å². The molecule has 0 aromatic carbocycles. The van der Waals surface area contributed by atoms with E-state index in [1.807, 2.05) is 0 Å². The van der Waals surface area contributed by atoms with Crippen molar-refractivity contribution in [3.8, 4) is 0 Å². The smallest absolute Gasteiger partial charge is 0.358 e. The number of rotatable bonds is 0. The van der Waals surface area contributed by atoms with Crippen molar-refractivity contribution in [2.45, 2.75) is 58.8 Å². The molecule has 0 unspecified atom stereocenters. The van der Waals surface area contributed by atoms with Gasteiger partial charge in [-0.2, -0.15) is 25.0 Å². The molecule has 1 fully saturated rings. The average Bonchev–Trinajstić information content (AvgIpc) is 3.07. The molecule has 0 heterocycles. The van der Waals surface area contributed by atoms with E-state index in [4.69, 9.17) is 0 Å². The summed E-state index contributed by atoms with van der Waals surface area (Å²) in [6.45, 7) is 4.12. The van der Waals surface area contributed by atoms with Gasteiger partial charge in [-0.25, -0.2) is 23.3 Å². The van der Waals surface area contributed by atoms with E-state index in [0.29, 0.717) is 0 Å². The third-order valence-corrected chi connectivity index (χ3v) is 3.05. The number of hydrogen-bond acceptors (Lipinski definition) is 0. The van der Waals surface area contributed by atoms with E-state index < -0.39 is 0 Å². The van der Waals surface area contributed by atoms with Gasteiger partial charge in [-0.3, -0.25) is 12.2 Å².